The molecule has 0 atom stereocenters. The summed E-state index contributed by atoms with van der Waals surface area (Å²) in [5.41, 5.74) is 1.69. The van der Waals surface area contributed by atoms with E-state index in [-0.39, 0.29) is 18.3 Å². The smallest absolute Gasteiger partial charge is 0.257 e. The minimum atomic E-state index is -0.126. The fraction of sp³-hybridized carbons (Fsp3) is 0.500. The standard InChI is InChI=1S/C16H21NO3/c1-11(2)9-17-16(19)10-20-15-8-4-5-12-13(15)6-3-7-14(12)18/h4-5,8,11H,3,6-7,9-10H2,1-2H3,(H,17,19). The Bertz CT molecular complexity index is 508. The number of carbonyl (C=O) groups is 2. The van der Waals surface area contributed by atoms with Crippen LogP contribution in [-0.2, 0) is 11.2 Å². The Hall–Kier alpha value is -1.84. The molecule has 0 spiro atoms. The van der Waals surface area contributed by atoms with E-state index in [9.17, 15) is 9.59 Å². The van der Waals surface area contributed by atoms with Crippen LogP contribution in [-0.4, -0.2) is 24.8 Å². The number of ether oxygens (including phenoxy) is 1. The van der Waals surface area contributed by atoms with Crippen molar-refractivity contribution >= 4 is 11.7 Å². The lowest BCUT2D eigenvalue weighted by Crippen LogP contribution is -2.32. The molecule has 1 aromatic carbocycles. The monoisotopic (exact) mass is 275 g/mol. The molecule has 1 N–H and O–H groups in total. The van der Waals surface area contributed by atoms with Gasteiger partial charge in [-0.05, 0) is 24.8 Å². The van der Waals surface area contributed by atoms with Gasteiger partial charge >= 0.3 is 0 Å². The van der Waals surface area contributed by atoms with Gasteiger partial charge in [-0.15, -0.1) is 0 Å². The molecule has 20 heavy (non-hydrogen) atoms. The summed E-state index contributed by atoms with van der Waals surface area (Å²) in [5.74, 6) is 1.12. The van der Waals surface area contributed by atoms with Crippen LogP contribution in [0.2, 0.25) is 0 Å². The van der Waals surface area contributed by atoms with E-state index in [1.165, 1.54) is 0 Å². The number of amides is 1. The first-order valence-electron chi connectivity index (χ1n) is 7.12. The van der Waals surface area contributed by atoms with Crippen molar-refractivity contribution < 1.29 is 14.3 Å². The summed E-state index contributed by atoms with van der Waals surface area (Å²) >= 11 is 0. The van der Waals surface area contributed by atoms with Gasteiger partial charge in [0.05, 0.1) is 0 Å². The molecule has 0 aliphatic heterocycles. The largest absolute Gasteiger partial charge is 0.483 e. The molecule has 1 aromatic rings. The molecule has 0 radical (unpaired) electrons. The molecular weight excluding hydrogens is 254 g/mol. The van der Waals surface area contributed by atoms with E-state index in [1.54, 1.807) is 0 Å². The Morgan fingerprint density at radius 3 is 2.90 bits per heavy atom. The zero-order chi connectivity index (χ0) is 14.5. The number of fused-ring (bicyclic) bond motifs is 1. The second kappa shape index (κ2) is 6.55. The van der Waals surface area contributed by atoms with E-state index < -0.39 is 0 Å². The Morgan fingerprint density at radius 2 is 2.15 bits per heavy atom. The van der Waals surface area contributed by atoms with Crippen LogP contribution in [0.15, 0.2) is 18.2 Å². The van der Waals surface area contributed by atoms with Crippen LogP contribution in [0.5, 0.6) is 5.75 Å². The van der Waals surface area contributed by atoms with Gasteiger partial charge in [-0.1, -0.05) is 26.0 Å². The maximum absolute atomic E-state index is 11.8. The van der Waals surface area contributed by atoms with E-state index in [2.05, 4.69) is 5.32 Å². The van der Waals surface area contributed by atoms with Crippen molar-refractivity contribution in [1.82, 2.24) is 5.32 Å². The lowest BCUT2D eigenvalue weighted by Gasteiger charge is -2.18. The number of carbonyl (C=O) groups excluding carboxylic acids is 2. The molecule has 0 heterocycles. The highest BCUT2D eigenvalue weighted by atomic mass is 16.5. The summed E-state index contributed by atoms with van der Waals surface area (Å²) in [4.78, 5) is 23.5. The van der Waals surface area contributed by atoms with Crippen LogP contribution in [0.1, 0.15) is 42.6 Å². The lowest BCUT2D eigenvalue weighted by molar-refractivity contribution is -0.123. The van der Waals surface area contributed by atoms with Gasteiger partial charge in [0.1, 0.15) is 5.75 Å². The molecule has 0 saturated heterocycles. The van der Waals surface area contributed by atoms with Gasteiger partial charge in [-0.2, -0.15) is 0 Å². The Kier molecular flexibility index (Phi) is 4.77. The first kappa shape index (κ1) is 14.6. The van der Waals surface area contributed by atoms with E-state index in [0.717, 1.165) is 24.0 Å². The van der Waals surface area contributed by atoms with Crippen LogP contribution in [0.3, 0.4) is 0 Å². The zero-order valence-electron chi connectivity index (χ0n) is 12.1. The second-order valence-corrected chi connectivity index (χ2v) is 5.55. The molecular formula is C16H21NO3. The van der Waals surface area contributed by atoms with Crippen LogP contribution >= 0.6 is 0 Å². The van der Waals surface area contributed by atoms with Crippen molar-refractivity contribution in [1.29, 1.82) is 0 Å². The molecule has 0 saturated carbocycles. The summed E-state index contributed by atoms with van der Waals surface area (Å²) in [7, 11) is 0. The number of ketones is 1. The molecule has 0 fully saturated rings. The molecule has 0 unspecified atom stereocenters. The minimum Gasteiger partial charge on any atom is -0.483 e. The number of rotatable bonds is 5. The summed E-state index contributed by atoms with van der Waals surface area (Å²) in [6, 6.07) is 5.47. The third-order valence-corrected chi connectivity index (χ3v) is 3.33. The maximum Gasteiger partial charge on any atom is 0.257 e. The average Bonchev–Trinajstić information content (AvgIpc) is 2.43. The van der Waals surface area contributed by atoms with Gasteiger partial charge in [0.25, 0.3) is 5.91 Å². The number of hydrogen-bond donors (Lipinski definition) is 1. The minimum absolute atomic E-state index is 0.00262. The molecule has 0 aromatic heterocycles. The Labute approximate surface area is 119 Å². The number of nitrogens with one attached hydrogen (secondary N) is 1. The van der Waals surface area contributed by atoms with Crippen molar-refractivity contribution in [3.05, 3.63) is 29.3 Å². The van der Waals surface area contributed by atoms with Crippen molar-refractivity contribution in [3.63, 3.8) is 0 Å². The van der Waals surface area contributed by atoms with Crippen molar-refractivity contribution in [2.24, 2.45) is 5.92 Å². The first-order chi connectivity index (χ1) is 9.58. The summed E-state index contributed by atoms with van der Waals surface area (Å²) in [5, 5.41) is 2.81. The predicted octanol–water partition coefficient (Wildman–Crippen LogP) is 2.36. The second-order valence-electron chi connectivity index (χ2n) is 5.55. The highest BCUT2D eigenvalue weighted by molar-refractivity contribution is 5.99. The van der Waals surface area contributed by atoms with Gasteiger partial charge in [-0.3, -0.25) is 9.59 Å². The van der Waals surface area contributed by atoms with Crippen molar-refractivity contribution in [2.75, 3.05) is 13.2 Å². The maximum atomic E-state index is 11.8. The van der Waals surface area contributed by atoms with E-state index in [0.29, 0.717) is 24.6 Å². The molecule has 4 heteroatoms. The molecule has 0 bridgehead atoms. The van der Waals surface area contributed by atoms with Crippen molar-refractivity contribution in [3.8, 4) is 5.75 Å². The fourth-order valence-corrected chi connectivity index (χ4v) is 2.29. The van der Waals surface area contributed by atoms with Gasteiger partial charge in [0, 0.05) is 24.1 Å². The van der Waals surface area contributed by atoms with Crippen molar-refractivity contribution in [2.45, 2.75) is 33.1 Å². The third-order valence-electron chi connectivity index (χ3n) is 3.33. The van der Waals surface area contributed by atoms with E-state index in [4.69, 9.17) is 4.74 Å². The third kappa shape index (κ3) is 3.59. The summed E-state index contributed by atoms with van der Waals surface area (Å²) in [6.07, 6.45) is 2.29. The predicted molar refractivity (Wildman–Crippen MR) is 77.1 cm³/mol. The summed E-state index contributed by atoms with van der Waals surface area (Å²) in [6.45, 7) is 4.73. The molecule has 108 valence electrons. The topological polar surface area (TPSA) is 55.4 Å². The summed E-state index contributed by atoms with van der Waals surface area (Å²) < 4.78 is 5.58. The van der Waals surface area contributed by atoms with Crippen LogP contribution < -0.4 is 10.1 Å². The van der Waals surface area contributed by atoms with Crippen LogP contribution in [0.4, 0.5) is 0 Å². The van der Waals surface area contributed by atoms with E-state index in [1.807, 2.05) is 32.0 Å². The SMILES string of the molecule is CC(C)CNC(=O)COc1cccc2c1CCCC2=O. The molecule has 1 aliphatic carbocycles. The molecule has 4 nitrogen and oxygen atoms in total. The first-order valence-corrected chi connectivity index (χ1v) is 7.12. The number of Topliss-reactive ketones (excluding diaryl/α,β-unsaturated/α-hetero) is 1. The molecule has 1 aliphatic rings. The fourth-order valence-electron chi connectivity index (χ4n) is 2.29. The highest BCUT2D eigenvalue weighted by Crippen LogP contribution is 2.29. The average molecular weight is 275 g/mol. The van der Waals surface area contributed by atoms with Gasteiger partial charge < -0.3 is 10.1 Å². The zero-order valence-corrected chi connectivity index (χ0v) is 12.1. The quantitative estimate of drug-likeness (QED) is 0.897. The molecule has 2 rings (SSSR count). The normalized spacial score (nSPS) is 14.1. The lowest BCUT2D eigenvalue weighted by atomic mass is 9.90. The van der Waals surface area contributed by atoms with Crippen LogP contribution in [0, 0.1) is 5.92 Å². The number of hydrogen-bond acceptors (Lipinski definition) is 3. The van der Waals surface area contributed by atoms with Gasteiger partial charge in [-0.25, -0.2) is 0 Å². The van der Waals surface area contributed by atoms with E-state index >= 15 is 0 Å². The van der Waals surface area contributed by atoms with Crippen LogP contribution in [0.25, 0.3) is 0 Å². The molecule has 1 amide bonds. The van der Waals surface area contributed by atoms with Gasteiger partial charge in [0.2, 0.25) is 0 Å². The van der Waals surface area contributed by atoms with Gasteiger partial charge in [0.15, 0.2) is 12.4 Å². The Balaban J connectivity index is 1.98. The number of benzene rings is 1. The Morgan fingerprint density at radius 1 is 1.35 bits per heavy atom. The highest BCUT2D eigenvalue weighted by Gasteiger charge is 2.20.